The average Bonchev–Trinajstić information content (AvgIpc) is 2.84. The number of rotatable bonds is 3. The van der Waals surface area contributed by atoms with E-state index < -0.39 is 65.3 Å². The minimum absolute atomic E-state index is 0.595. The van der Waals surface area contributed by atoms with E-state index in [9.17, 15) is 19.8 Å². The van der Waals surface area contributed by atoms with E-state index >= 15 is 0 Å². The van der Waals surface area contributed by atoms with Crippen molar-refractivity contribution in [2.75, 3.05) is 6.56 Å². The van der Waals surface area contributed by atoms with Crippen molar-refractivity contribution in [2.45, 2.75) is 37.2 Å². The zero-order valence-electron chi connectivity index (χ0n) is 16.7. The van der Waals surface area contributed by atoms with Crippen LogP contribution >= 0.6 is 11.8 Å². The summed E-state index contributed by atoms with van der Waals surface area (Å²) in [5.41, 5.74) is -0.755. The molecular formula is C12H15NO5S. The summed E-state index contributed by atoms with van der Waals surface area (Å²) in [6.45, 7) is -1.88. The molecule has 19 heavy (non-hydrogen) atoms. The number of fused-ring (bicyclic) bond motifs is 1. The quantitative estimate of drug-likeness (QED) is 0.731. The summed E-state index contributed by atoms with van der Waals surface area (Å²) in [6.07, 6.45) is -10.7. The predicted octanol–water partition coefficient (Wildman–Crippen LogP) is 0.374. The first kappa shape index (κ1) is 7.10. The van der Waals surface area contributed by atoms with Crippen LogP contribution < -0.4 is 0 Å². The number of amides is 1. The number of carbonyl (C=O) groups is 2. The number of aliphatic hydroxyl groups excluding tert-OH is 1. The number of β-lactam (4-membered cyclic amide) rings is 1. The van der Waals surface area contributed by atoms with Crippen molar-refractivity contribution in [2.24, 2.45) is 5.92 Å². The SMILES string of the molecule is [2H]C1([2H])O[C@@]([2H])(C2=C(C(=O)O)N3C(=O)[C@H]([C@@H](C)O)[C@H]3S2)C([2H])([2H])C1([2H])[2H]. The van der Waals surface area contributed by atoms with Gasteiger partial charge in [0.2, 0.25) is 5.91 Å². The Morgan fingerprint density at radius 3 is 3.00 bits per heavy atom. The van der Waals surface area contributed by atoms with Crippen LogP contribution in [0.5, 0.6) is 0 Å². The summed E-state index contributed by atoms with van der Waals surface area (Å²) >= 11 is 0.595. The number of nitrogens with zero attached hydrogens (tertiary/aromatic N) is 1. The standard InChI is InChI=1S/C12H15NO5S/c1-5(14)7-10(15)13-8(12(16)17)9(19-11(7)13)6-3-2-4-18-6/h5-7,11,14H,2-4H2,1H3,(H,16,17)/t5-,6-,7+,11-/m1/s1/i2D2,3D2,4D2,6D. The van der Waals surface area contributed by atoms with Gasteiger partial charge in [0.05, 0.1) is 22.2 Å². The Bertz CT molecular complexity index is 741. The van der Waals surface area contributed by atoms with E-state index in [0.29, 0.717) is 11.8 Å². The van der Waals surface area contributed by atoms with E-state index in [1.807, 2.05) is 0 Å². The number of carboxylic acid groups (broad SMARTS) is 1. The largest absolute Gasteiger partial charge is 0.477 e. The topological polar surface area (TPSA) is 87.1 Å². The fourth-order valence-corrected chi connectivity index (χ4v) is 3.77. The molecule has 2 saturated heterocycles. The molecule has 3 aliphatic rings. The van der Waals surface area contributed by atoms with Crippen molar-refractivity contribution in [1.29, 1.82) is 0 Å². The van der Waals surface area contributed by atoms with Crippen molar-refractivity contribution in [1.82, 2.24) is 4.90 Å². The maximum atomic E-state index is 12.2. The van der Waals surface area contributed by atoms with Crippen LogP contribution in [-0.2, 0) is 14.3 Å². The van der Waals surface area contributed by atoms with Crippen LogP contribution in [0.25, 0.3) is 0 Å². The number of hydrogen-bond acceptors (Lipinski definition) is 5. The molecule has 0 bridgehead atoms. The Morgan fingerprint density at radius 2 is 2.47 bits per heavy atom. The van der Waals surface area contributed by atoms with Gasteiger partial charge in [-0.1, -0.05) is 11.8 Å². The van der Waals surface area contributed by atoms with Gasteiger partial charge in [0.1, 0.15) is 11.1 Å². The lowest BCUT2D eigenvalue weighted by Crippen LogP contribution is -2.60. The third-order valence-electron chi connectivity index (χ3n) is 3.09. The molecule has 2 N–H and O–H groups in total. The molecule has 3 heterocycles. The molecule has 7 heteroatoms. The second-order valence-corrected chi connectivity index (χ2v) is 5.38. The van der Waals surface area contributed by atoms with Crippen LogP contribution in [0.1, 0.15) is 29.3 Å². The number of aliphatic carboxylic acids is 1. The van der Waals surface area contributed by atoms with Crippen LogP contribution in [-0.4, -0.2) is 51.1 Å². The summed E-state index contributed by atoms with van der Waals surface area (Å²) in [4.78, 5) is 24.1. The van der Waals surface area contributed by atoms with Crippen molar-refractivity contribution < 1.29 is 34.1 Å². The van der Waals surface area contributed by atoms with Crippen LogP contribution in [0.4, 0.5) is 0 Å². The highest BCUT2D eigenvalue weighted by atomic mass is 32.2. The Hall–Kier alpha value is -1.05. The fourth-order valence-electron chi connectivity index (χ4n) is 2.23. The lowest BCUT2D eigenvalue weighted by Gasteiger charge is -2.43. The molecule has 1 amide bonds. The summed E-state index contributed by atoms with van der Waals surface area (Å²) < 4.78 is 59.8. The van der Waals surface area contributed by atoms with E-state index in [0.717, 1.165) is 4.90 Å². The molecule has 0 aromatic rings. The lowest BCUT2D eigenvalue weighted by atomic mass is 9.92. The van der Waals surface area contributed by atoms with Gasteiger partial charge in [-0.3, -0.25) is 9.69 Å². The van der Waals surface area contributed by atoms with E-state index in [-0.39, 0.29) is 0 Å². The Kier molecular flexibility index (Phi) is 1.68. The van der Waals surface area contributed by atoms with Gasteiger partial charge in [0, 0.05) is 16.9 Å². The van der Waals surface area contributed by atoms with Gasteiger partial charge < -0.3 is 14.9 Å². The zero-order chi connectivity index (χ0) is 20.0. The lowest BCUT2D eigenvalue weighted by molar-refractivity contribution is -0.156. The minimum atomic E-state index is -3.26. The van der Waals surface area contributed by atoms with Gasteiger partial charge in [-0.15, -0.1) is 0 Å². The molecule has 0 aliphatic carbocycles. The molecule has 0 radical (unpaired) electrons. The van der Waals surface area contributed by atoms with Gasteiger partial charge in [-0.25, -0.2) is 4.79 Å². The van der Waals surface area contributed by atoms with E-state index in [4.69, 9.17) is 14.3 Å². The molecule has 3 rings (SSSR count). The molecule has 4 atom stereocenters. The van der Waals surface area contributed by atoms with Gasteiger partial charge in [0.25, 0.3) is 0 Å². The number of ether oxygens (including phenoxy) is 1. The molecule has 6 nitrogen and oxygen atoms in total. The van der Waals surface area contributed by atoms with Gasteiger partial charge >= 0.3 is 5.97 Å². The number of carbonyl (C=O) groups excluding carboxylic acids is 1. The number of thioether (sulfide) groups is 1. The maximum Gasteiger partial charge on any atom is 0.353 e. The third kappa shape index (κ3) is 1.79. The van der Waals surface area contributed by atoms with Crippen molar-refractivity contribution in [3.05, 3.63) is 10.6 Å². The predicted molar refractivity (Wildman–Crippen MR) is 67.0 cm³/mol. The first-order chi connectivity index (χ1) is 11.6. The summed E-state index contributed by atoms with van der Waals surface area (Å²) in [6, 6.07) is 0. The molecule has 104 valence electrons. The highest BCUT2D eigenvalue weighted by Crippen LogP contribution is 2.52. The average molecular weight is 292 g/mol. The fraction of sp³-hybridized carbons (Fsp3) is 0.667. The zero-order valence-corrected chi connectivity index (χ0v) is 10.5. The monoisotopic (exact) mass is 292 g/mol. The van der Waals surface area contributed by atoms with Crippen molar-refractivity contribution in [3.63, 3.8) is 0 Å². The van der Waals surface area contributed by atoms with Crippen molar-refractivity contribution in [3.8, 4) is 0 Å². The third-order valence-corrected chi connectivity index (χ3v) is 4.45. The summed E-state index contributed by atoms with van der Waals surface area (Å²) in [5, 5.41) is 18.3. The Balaban J connectivity index is 2.15. The van der Waals surface area contributed by atoms with Crippen LogP contribution in [0.2, 0.25) is 0 Å². The molecule has 2 fully saturated rings. The number of hydrogen-bond donors (Lipinski definition) is 2. The second kappa shape index (κ2) is 4.50. The maximum absolute atomic E-state index is 12.2. The smallest absolute Gasteiger partial charge is 0.353 e. The van der Waals surface area contributed by atoms with Crippen LogP contribution in [0.3, 0.4) is 0 Å². The van der Waals surface area contributed by atoms with Crippen LogP contribution in [0, 0.1) is 5.92 Å². The van der Waals surface area contributed by atoms with Gasteiger partial charge in [-0.2, -0.15) is 0 Å². The number of aliphatic hydroxyl groups is 1. The summed E-state index contributed by atoms with van der Waals surface area (Å²) in [7, 11) is 0. The Morgan fingerprint density at radius 1 is 1.74 bits per heavy atom. The van der Waals surface area contributed by atoms with E-state index in [1.54, 1.807) is 0 Å². The molecule has 0 saturated carbocycles. The van der Waals surface area contributed by atoms with Gasteiger partial charge in [-0.05, 0) is 19.7 Å². The molecule has 0 aromatic heterocycles. The van der Waals surface area contributed by atoms with Crippen LogP contribution in [0.15, 0.2) is 10.6 Å². The normalized spacial score (nSPS) is 52.6. The molecule has 0 aromatic carbocycles. The first-order valence-electron chi connectivity index (χ1n) is 8.98. The van der Waals surface area contributed by atoms with Crippen molar-refractivity contribution >= 4 is 23.6 Å². The minimum Gasteiger partial charge on any atom is -0.477 e. The second-order valence-electron chi connectivity index (χ2n) is 4.25. The highest BCUT2D eigenvalue weighted by molar-refractivity contribution is 8.04. The first-order valence-corrected chi connectivity index (χ1v) is 6.36. The Labute approximate surface area is 124 Å². The number of carboxylic acids is 1. The van der Waals surface area contributed by atoms with E-state index in [1.165, 1.54) is 6.92 Å². The summed E-state index contributed by atoms with van der Waals surface area (Å²) in [5.74, 6) is -3.36. The molecule has 3 aliphatic heterocycles. The molecule has 0 unspecified atom stereocenters. The highest BCUT2D eigenvalue weighted by Gasteiger charge is 2.58. The van der Waals surface area contributed by atoms with Gasteiger partial charge in [0.15, 0.2) is 0 Å². The molecule has 0 spiro atoms. The van der Waals surface area contributed by atoms with E-state index in [2.05, 4.69) is 0 Å². The molecular weight excluding hydrogens is 270 g/mol.